The number of rotatable bonds is 6. The Labute approximate surface area is 198 Å². The summed E-state index contributed by atoms with van der Waals surface area (Å²) in [6.45, 7) is 13.3. The van der Waals surface area contributed by atoms with Crippen molar-refractivity contribution in [2.45, 2.75) is 50.3 Å². The highest BCUT2D eigenvalue weighted by Gasteiger charge is 2.23. The summed E-state index contributed by atoms with van der Waals surface area (Å²) in [7, 11) is 1.70. The molecule has 2 heterocycles. The lowest BCUT2D eigenvalue weighted by Gasteiger charge is -2.34. The van der Waals surface area contributed by atoms with Crippen molar-refractivity contribution in [2.24, 2.45) is 5.41 Å². The summed E-state index contributed by atoms with van der Waals surface area (Å²) in [5, 5.41) is 3.51. The summed E-state index contributed by atoms with van der Waals surface area (Å²) >= 11 is 3.12. The highest BCUT2D eigenvalue weighted by molar-refractivity contribution is 8.01. The average Bonchev–Trinajstić information content (AvgIpc) is 3.16. The number of benzene rings is 1. The van der Waals surface area contributed by atoms with E-state index in [9.17, 15) is 9.59 Å². The minimum absolute atomic E-state index is 0.0452. The number of aromatic nitrogens is 1. The molecule has 1 N–H and O–H groups in total. The van der Waals surface area contributed by atoms with Gasteiger partial charge in [-0.15, -0.1) is 0 Å². The Balaban J connectivity index is 1.71. The predicted octanol–water partition coefficient (Wildman–Crippen LogP) is 4.26. The standard InChI is InChI=1S/C23H32N4O3S2/c1-15-11-18(30-6)17(14-26-7-9-27(10-8-26)16(2)28)12-19(15)31-20-13-24-22(32-20)25-21(29)23(3,4)5/h11-13H,7-10,14H2,1-6H3,(H,24,25,29). The van der Waals surface area contributed by atoms with E-state index in [0.717, 1.165) is 58.7 Å². The van der Waals surface area contributed by atoms with E-state index in [1.165, 1.54) is 11.3 Å². The van der Waals surface area contributed by atoms with Crippen LogP contribution in [0.2, 0.25) is 0 Å². The van der Waals surface area contributed by atoms with Gasteiger partial charge >= 0.3 is 0 Å². The van der Waals surface area contributed by atoms with Gasteiger partial charge in [0, 0.05) is 55.5 Å². The van der Waals surface area contributed by atoms with Gasteiger partial charge in [-0.1, -0.05) is 43.9 Å². The van der Waals surface area contributed by atoms with E-state index in [1.807, 2.05) is 25.7 Å². The first-order chi connectivity index (χ1) is 15.1. The summed E-state index contributed by atoms with van der Waals surface area (Å²) in [5.41, 5.74) is 1.80. The molecule has 1 fully saturated rings. The molecular weight excluding hydrogens is 444 g/mol. The first kappa shape index (κ1) is 24.5. The second-order valence-corrected chi connectivity index (χ2v) is 11.4. The fourth-order valence-corrected chi connectivity index (χ4v) is 5.31. The van der Waals surface area contributed by atoms with Gasteiger partial charge in [-0.3, -0.25) is 14.5 Å². The van der Waals surface area contributed by atoms with Crippen molar-refractivity contribution >= 4 is 40.0 Å². The zero-order valence-electron chi connectivity index (χ0n) is 19.7. The second-order valence-electron chi connectivity index (χ2n) is 9.00. The van der Waals surface area contributed by atoms with Crippen LogP contribution in [0.5, 0.6) is 5.75 Å². The van der Waals surface area contributed by atoms with Crippen LogP contribution in [0, 0.1) is 12.3 Å². The summed E-state index contributed by atoms with van der Waals surface area (Å²) in [5.74, 6) is 0.971. The van der Waals surface area contributed by atoms with Gasteiger partial charge in [-0.05, 0) is 24.6 Å². The van der Waals surface area contributed by atoms with Crippen LogP contribution in [-0.2, 0) is 16.1 Å². The monoisotopic (exact) mass is 476 g/mol. The van der Waals surface area contributed by atoms with Crippen LogP contribution in [0.1, 0.15) is 38.8 Å². The number of piperazine rings is 1. The number of hydrogen-bond donors (Lipinski definition) is 1. The SMILES string of the molecule is COc1cc(C)c(Sc2cnc(NC(=O)C(C)(C)C)s2)cc1CN1CCN(C(C)=O)CC1. The predicted molar refractivity (Wildman–Crippen MR) is 130 cm³/mol. The second kappa shape index (κ2) is 10.2. The lowest BCUT2D eigenvalue weighted by Crippen LogP contribution is -2.47. The van der Waals surface area contributed by atoms with Crippen LogP contribution in [0.3, 0.4) is 0 Å². The van der Waals surface area contributed by atoms with Crippen LogP contribution < -0.4 is 10.1 Å². The van der Waals surface area contributed by atoms with E-state index >= 15 is 0 Å². The third kappa shape index (κ3) is 6.24. The van der Waals surface area contributed by atoms with E-state index in [2.05, 4.69) is 34.3 Å². The van der Waals surface area contributed by atoms with Gasteiger partial charge in [0.05, 0.1) is 17.5 Å². The van der Waals surface area contributed by atoms with Crippen LogP contribution in [0.15, 0.2) is 27.4 Å². The number of nitrogens with one attached hydrogen (secondary N) is 1. The van der Waals surface area contributed by atoms with Gasteiger partial charge in [0.25, 0.3) is 0 Å². The van der Waals surface area contributed by atoms with Crippen molar-refractivity contribution in [1.82, 2.24) is 14.8 Å². The third-order valence-corrected chi connectivity index (χ3v) is 7.56. The Hall–Kier alpha value is -2.10. The summed E-state index contributed by atoms with van der Waals surface area (Å²) < 4.78 is 6.67. The van der Waals surface area contributed by atoms with Crippen molar-refractivity contribution in [3.63, 3.8) is 0 Å². The summed E-state index contributed by atoms with van der Waals surface area (Å²) in [4.78, 5) is 33.6. The van der Waals surface area contributed by atoms with Gasteiger partial charge in [0.2, 0.25) is 11.8 Å². The van der Waals surface area contributed by atoms with E-state index in [1.54, 1.807) is 32.0 Å². The molecule has 1 aromatic carbocycles. The lowest BCUT2D eigenvalue weighted by molar-refractivity contribution is -0.130. The molecule has 0 spiro atoms. The number of methoxy groups -OCH3 is 1. The Morgan fingerprint density at radius 2 is 1.91 bits per heavy atom. The number of carbonyl (C=O) groups is 2. The first-order valence-corrected chi connectivity index (χ1v) is 12.3. The summed E-state index contributed by atoms with van der Waals surface area (Å²) in [6, 6.07) is 4.26. The molecule has 1 aromatic heterocycles. The Morgan fingerprint density at radius 1 is 1.22 bits per heavy atom. The number of thiazole rings is 1. The quantitative estimate of drug-likeness (QED) is 0.672. The first-order valence-electron chi connectivity index (χ1n) is 10.7. The van der Waals surface area contributed by atoms with Crippen LogP contribution in [0.25, 0.3) is 0 Å². The van der Waals surface area contributed by atoms with E-state index in [-0.39, 0.29) is 11.8 Å². The maximum absolute atomic E-state index is 12.2. The molecule has 0 atom stereocenters. The largest absolute Gasteiger partial charge is 0.496 e. The normalized spacial score (nSPS) is 15.0. The molecule has 1 aliphatic rings. The number of anilines is 1. The number of nitrogens with zero attached hydrogens (tertiary/aromatic N) is 3. The molecule has 1 aliphatic heterocycles. The van der Waals surface area contributed by atoms with Crippen LogP contribution in [0.4, 0.5) is 5.13 Å². The fraction of sp³-hybridized carbons (Fsp3) is 0.522. The van der Waals surface area contributed by atoms with Gasteiger partial charge in [0.15, 0.2) is 5.13 Å². The van der Waals surface area contributed by atoms with E-state index < -0.39 is 5.41 Å². The minimum atomic E-state index is -0.462. The molecule has 1 saturated heterocycles. The van der Waals surface area contributed by atoms with Gasteiger partial charge in [-0.25, -0.2) is 4.98 Å². The molecule has 3 rings (SSSR count). The lowest BCUT2D eigenvalue weighted by atomic mass is 9.96. The van der Waals surface area contributed by atoms with Gasteiger partial charge < -0.3 is 15.0 Å². The zero-order valence-corrected chi connectivity index (χ0v) is 21.3. The molecule has 2 aromatic rings. The summed E-state index contributed by atoms with van der Waals surface area (Å²) in [6.07, 6.45) is 1.80. The van der Waals surface area contributed by atoms with Crippen LogP contribution >= 0.6 is 23.1 Å². The Bertz CT molecular complexity index is 976. The number of hydrogen-bond acceptors (Lipinski definition) is 7. The van der Waals surface area contributed by atoms with E-state index in [0.29, 0.717) is 5.13 Å². The maximum atomic E-state index is 12.2. The number of carbonyl (C=O) groups excluding carboxylic acids is 2. The molecule has 0 aliphatic carbocycles. The maximum Gasteiger partial charge on any atom is 0.231 e. The van der Waals surface area contributed by atoms with Crippen molar-refractivity contribution in [2.75, 3.05) is 38.6 Å². The molecular formula is C23H32N4O3S2. The molecule has 32 heavy (non-hydrogen) atoms. The van der Waals surface area contributed by atoms with Crippen molar-refractivity contribution in [3.05, 3.63) is 29.5 Å². The van der Waals surface area contributed by atoms with Crippen molar-refractivity contribution < 1.29 is 14.3 Å². The topological polar surface area (TPSA) is 74.8 Å². The fourth-order valence-electron chi connectivity index (χ4n) is 3.35. The molecule has 2 amide bonds. The molecule has 0 unspecified atom stereocenters. The molecule has 7 nitrogen and oxygen atoms in total. The Morgan fingerprint density at radius 3 is 2.50 bits per heavy atom. The minimum Gasteiger partial charge on any atom is -0.496 e. The van der Waals surface area contributed by atoms with Crippen molar-refractivity contribution in [1.29, 1.82) is 0 Å². The highest BCUT2D eigenvalue weighted by atomic mass is 32.2. The molecule has 9 heteroatoms. The third-order valence-electron chi connectivity index (χ3n) is 5.39. The molecule has 0 saturated carbocycles. The Kier molecular flexibility index (Phi) is 7.84. The molecule has 174 valence electrons. The smallest absolute Gasteiger partial charge is 0.231 e. The van der Waals surface area contributed by atoms with Crippen molar-refractivity contribution in [3.8, 4) is 5.75 Å². The molecule has 0 radical (unpaired) electrons. The van der Waals surface area contributed by atoms with Gasteiger partial charge in [0.1, 0.15) is 5.75 Å². The number of ether oxygens (including phenoxy) is 1. The number of aryl methyl sites for hydroxylation is 1. The molecule has 0 bridgehead atoms. The highest BCUT2D eigenvalue weighted by Crippen LogP contribution is 2.38. The van der Waals surface area contributed by atoms with Gasteiger partial charge in [-0.2, -0.15) is 0 Å². The number of amides is 2. The van der Waals surface area contributed by atoms with E-state index in [4.69, 9.17) is 4.74 Å². The average molecular weight is 477 g/mol. The zero-order chi connectivity index (χ0) is 23.5. The van der Waals surface area contributed by atoms with Crippen LogP contribution in [-0.4, -0.2) is 59.9 Å².